The zero-order chi connectivity index (χ0) is 15.5. The van der Waals surface area contributed by atoms with Crippen molar-refractivity contribution in [2.45, 2.75) is 25.3 Å². The molecular formula is C15H18FNO3S. The van der Waals surface area contributed by atoms with E-state index in [0.717, 1.165) is 5.56 Å². The molecule has 0 aromatic heterocycles. The third kappa shape index (κ3) is 4.67. The van der Waals surface area contributed by atoms with Gasteiger partial charge in [-0.3, -0.25) is 4.79 Å². The molecule has 1 N–H and O–H groups in total. The Kier molecular flexibility index (Phi) is 4.46. The molecule has 1 fully saturated rings. The second-order valence-corrected chi connectivity index (χ2v) is 7.79. The second-order valence-electron chi connectivity index (χ2n) is 5.61. The largest absolute Gasteiger partial charge is 0.350 e. The summed E-state index contributed by atoms with van der Waals surface area (Å²) in [6.45, 7) is 1.75. The molecule has 1 aromatic carbocycles. The molecule has 114 valence electrons. The number of amides is 1. The van der Waals surface area contributed by atoms with Gasteiger partial charge in [-0.1, -0.05) is 24.3 Å². The van der Waals surface area contributed by atoms with E-state index >= 15 is 0 Å². The maximum Gasteiger partial charge on any atom is 0.224 e. The van der Waals surface area contributed by atoms with Crippen LogP contribution in [0.3, 0.4) is 0 Å². The first-order valence-electron chi connectivity index (χ1n) is 6.72. The summed E-state index contributed by atoms with van der Waals surface area (Å²) < 4.78 is 35.6. The Morgan fingerprint density at radius 2 is 2.05 bits per heavy atom. The van der Waals surface area contributed by atoms with Crippen molar-refractivity contribution in [3.63, 3.8) is 0 Å². The number of carbonyl (C=O) groups is 1. The van der Waals surface area contributed by atoms with E-state index in [4.69, 9.17) is 0 Å². The van der Waals surface area contributed by atoms with Crippen LogP contribution in [0.2, 0.25) is 0 Å². The van der Waals surface area contributed by atoms with E-state index in [1.54, 1.807) is 31.2 Å². The molecule has 6 heteroatoms. The highest BCUT2D eigenvalue weighted by molar-refractivity contribution is 7.91. The van der Waals surface area contributed by atoms with E-state index in [2.05, 4.69) is 5.32 Å². The van der Waals surface area contributed by atoms with Gasteiger partial charge in [-0.2, -0.15) is 0 Å². The third-order valence-corrected chi connectivity index (χ3v) is 5.33. The van der Waals surface area contributed by atoms with Crippen molar-refractivity contribution in [2.24, 2.45) is 0 Å². The van der Waals surface area contributed by atoms with E-state index in [1.165, 1.54) is 12.1 Å². The maximum absolute atomic E-state index is 12.7. The van der Waals surface area contributed by atoms with Gasteiger partial charge >= 0.3 is 0 Å². The first-order valence-corrected chi connectivity index (χ1v) is 8.54. The summed E-state index contributed by atoms with van der Waals surface area (Å²) in [7, 11) is -3.04. The lowest BCUT2D eigenvalue weighted by atomic mass is 10.0. The Bertz CT molecular complexity index is 652. The number of halogens is 1. The summed E-state index contributed by atoms with van der Waals surface area (Å²) in [5, 5.41) is 2.78. The van der Waals surface area contributed by atoms with Crippen molar-refractivity contribution in [3.8, 4) is 0 Å². The molecule has 0 bridgehead atoms. The SMILES string of the molecule is CC1(NC(=O)CC=Cc2ccc(F)cc2)CCS(=O)(=O)C1. The Labute approximate surface area is 124 Å². The highest BCUT2D eigenvalue weighted by Crippen LogP contribution is 2.22. The highest BCUT2D eigenvalue weighted by atomic mass is 32.2. The monoisotopic (exact) mass is 311 g/mol. The number of carbonyl (C=O) groups excluding carboxylic acids is 1. The lowest BCUT2D eigenvalue weighted by molar-refractivity contribution is -0.121. The van der Waals surface area contributed by atoms with Crippen LogP contribution < -0.4 is 5.32 Å². The van der Waals surface area contributed by atoms with Crippen LogP contribution in [0.5, 0.6) is 0 Å². The topological polar surface area (TPSA) is 63.2 Å². The lowest BCUT2D eigenvalue weighted by Crippen LogP contribution is -2.46. The van der Waals surface area contributed by atoms with E-state index < -0.39 is 15.4 Å². The molecule has 1 aliphatic heterocycles. The molecule has 1 unspecified atom stereocenters. The molecule has 1 heterocycles. The zero-order valence-electron chi connectivity index (χ0n) is 11.8. The molecule has 0 saturated carbocycles. The van der Waals surface area contributed by atoms with E-state index in [9.17, 15) is 17.6 Å². The van der Waals surface area contributed by atoms with Crippen LogP contribution in [-0.4, -0.2) is 31.4 Å². The van der Waals surface area contributed by atoms with Gasteiger partial charge in [0.15, 0.2) is 9.84 Å². The Hall–Kier alpha value is -1.69. The van der Waals surface area contributed by atoms with Crippen molar-refractivity contribution in [2.75, 3.05) is 11.5 Å². The van der Waals surface area contributed by atoms with Gasteiger partial charge in [0.05, 0.1) is 17.0 Å². The van der Waals surface area contributed by atoms with Crippen LogP contribution in [0, 0.1) is 5.82 Å². The van der Waals surface area contributed by atoms with E-state index in [0.29, 0.717) is 6.42 Å². The summed E-state index contributed by atoms with van der Waals surface area (Å²) in [6.07, 6.45) is 4.01. The molecule has 1 saturated heterocycles. The van der Waals surface area contributed by atoms with Gasteiger partial charge in [-0.15, -0.1) is 0 Å². The fraction of sp³-hybridized carbons (Fsp3) is 0.400. The first-order chi connectivity index (χ1) is 9.78. The standard InChI is InChI=1S/C15H18FNO3S/c1-15(9-10-21(19,20)11-15)17-14(18)4-2-3-12-5-7-13(16)8-6-12/h2-3,5-8H,4,9-11H2,1H3,(H,17,18). The summed E-state index contributed by atoms with van der Waals surface area (Å²) in [6, 6.07) is 5.94. The number of sulfone groups is 1. The highest BCUT2D eigenvalue weighted by Gasteiger charge is 2.39. The summed E-state index contributed by atoms with van der Waals surface area (Å²) >= 11 is 0. The molecule has 1 atom stereocenters. The minimum absolute atomic E-state index is 0.00653. The number of benzene rings is 1. The molecule has 1 amide bonds. The summed E-state index contributed by atoms with van der Waals surface area (Å²) in [5.41, 5.74) is 0.137. The van der Waals surface area contributed by atoms with Gasteiger partial charge in [0.25, 0.3) is 0 Å². The predicted molar refractivity (Wildman–Crippen MR) is 79.9 cm³/mol. The smallest absolute Gasteiger partial charge is 0.224 e. The molecule has 1 aliphatic rings. The predicted octanol–water partition coefficient (Wildman–Crippen LogP) is 1.92. The van der Waals surface area contributed by atoms with E-state index in [-0.39, 0.29) is 29.7 Å². The number of rotatable bonds is 4. The van der Waals surface area contributed by atoms with Gasteiger partial charge in [-0.25, -0.2) is 12.8 Å². The van der Waals surface area contributed by atoms with Crippen LogP contribution in [0.25, 0.3) is 6.08 Å². The Morgan fingerprint density at radius 1 is 1.38 bits per heavy atom. The van der Waals surface area contributed by atoms with Crippen molar-refractivity contribution < 1.29 is 17.6 Å². The van der Waals surface area contributed by atoms with E-state index in [1.807, 2.05) is 0 Å². The minimum Gasteiger partial charge on any atom is -0.350 e. The van der Waals surface area contributed by atoms with Crippen molar-refractivity contribution in [1.82, 2.24) is 5.32 Å². The molecule has 1 aromatic rings. The summed E-state index contributed by atoms with van der Waals surface area (Å²) in [5.74, 6) is -0.406. The summed E-state index contributed by atoms with van der Waals surface area (Å²) in [4.78, 5) is 11.8. The van der Waals surface area contributed by atoms with Crippen LogP contribution in [-0.2, 0) is 14.6 Å². The zero-order valence-corrected chi connectivity index (χ0v) is 12.6. The van der Waals surface area contributed by atoms with Crippen molar-refractivity contribution in [3.05, 3.63) is 41.7 Å². The Morgan fingerprint density at radius 3 is 2.62 bits per heavy atom. The van der Waals surface area contributed by atoms with Gasteiger partial charge < -0.3 is 5.32 Å². The quantitative estimate of drug-likeness (QED) is 0.924. The van der Waals surface area contributed by atoms with Crippen LogP contribution >= 0.6 is 0 Å². The van der Waals surface area contributed by atoms with Crippen molar-refractivity contribution >= 4 is 21.8 Å². The average Bonchev–Trinajstić information content (AvgIpc) is 2.65. The number of hydrogen-bond donors (Lipinski definition) is 1. The molecule has 2 rings (SSSR count). The van der Waals surface area contributed by atoms with Gasteiger partial charge in [0.1, 0.15) is 5.82 Å². The van der Waals surface area contributed by atoms with Crippen LogP contribution in [0.4, 0.5) is 4.39 Å². The van der Waals surface area contributed by atoms with Crippen LogP contribution in [0.1, 0.15) is 25.3 Å². The normalized spacial score (nSPS) is 24.3. The number of nitrogens with one attached hydrogen (secondary N) is 1. The van der Waals surface area contributed by atoms with Crippen molar-refractivity contribution in [1.29, 1.82) is 0 Å². The first kappa shape index (κ1) is 15.7. The van der Waals surface area contributed by atoms with Crippen LogP contribution in [0.15, 0.2) is 30.3 Å². The molecule has 0 aliphatic carbocycles. The second kappa shape index (κ2) is 5.97. The molecule has 0 spiro atoms. The van der Waals surface area contributed by atoms with Gasteiger partial charge in [-0.05, 0) is 31.0 Å². The average molecular weight is 311 g/mol. The number of hydrogen-bond acceptors (Lipinski definition) is 3. The molecule has 4 nitrogen and oxygen atoms in total. The molecular weight excluding hydrogens is 293 g/mol. The Balaban J connectivity index is 1.86. The fourth-order valence-electron chi connectivity index (χ4n) is 2.37. The minimum atomic E-state index is -3.04. The lowest BCUT2D eigenvalue weighted by Gasteiger charge is -2.23. The fourth-order valence-corrected chi connectivity index (χ4v) is 4.47. The maximum atomic E-state index is 12.7. The van der Waals surface area contributed by atoms with Gasteiger partial charge in [0, 0.05) is 6.42 Å². The third-order valence-electron chi connectivity index (χ3n) is 3.43. The molecule has 21 heavy (non-hydrogen) atoms. The van der Waals surface area contributed by atoms with Gasteiger partial charge in [0.2, 0.25) is 5.91 Å². The molecule has 0 radical (unpaired) electrons.